The highest BCUT2D eigenvalue weighted by molar-refractivity contribution is 7.88. The van der Waals surface area contributed by atoms with Gasteiger partial charge < -0.3 is 10.2 Å². The van der Waals surface area contributed by atoms with E-state index in [0.29, 0.717) is 5.02 Å². The van der Waals surface area contributed by atoms with Crippen molar-refractivity contribution in [1.29, 1.82) is 0 Å². The molecule has 0 saturated heterocycles. The summed E-state index contributed by atoms with van der Waals surface area (Å²) in [4.78, 5) is 28.5. The first-order valence-corrected chi connectivity index (χ1v) is 13.7. The van der Waals surface area contributed by atoms with Crippen molar-refractivity contribution in [3.8, 4) is 0 Å². The highest BCUT2D eigenvalue weighted by atomic mass is 35.5. The summed E-state index contributed by atoms with van der Waals surface area (Å²) in [7, 11) is -2.24. The standard InChI is InChI=1S/C27H30ClN3O4S/c1-30(36(2,34)35)20-26(32)31(19-23-11-7-4-8-12-23)25(17-21-9-5-3-6-10-21)27(33)29-18-22-13-15-24(28)16-14-22/h3-16,25H,17-20H2,1-2H3,(H,29,33)/t25-/m0/s1. The molecule has 0 heterocycles. The summed E-state index contributed by atoms with van der Waals surface area (Å²) in [6, 6.07) is 25.0. The van der Waals surface area contributed by atoms with Crippen molar-refractivity contribution in [1.82, 2.24) is 14.5 Å². The van der Waals surface area contributed by atoms with Gasteiger partial charge in [0.2, 0.25) is 21.8 Å². The van der Waals surface area contributed by atoms with E-state index < -0.39 is 22.0 Å². The minimum atomic E-state index is -3.58. The molecular weight excluding hydrogens is 498 g/mol. The van der Waals surface area contributed by atoms with E-state index in [2.05, 4.69) is 5.32 Å². The van der Waals surface area contributed by atoms with Crippen molar-refractivity contribution in [2.75, 3.05) is 19.8 Å². The maximum absolute atomic E-state index is 13.5. The fourth-order valence-electron chi connectivity index (χ4n) is 3.64. The summed E-state index contributed by atoms with van der Waals surface area (Å²) in [6.45, 7) is 0.0441. The highest BCUT2D eigenvalue weighted by Crippen LogP contribution is 2.16. The summed E-state index contributed by atoms with van der Waals surface area (Å²) in [5, 5.41) is 3.53. The van der Waals surface area contributed by atoms with E-state index in [4.69, 9.17) is 11.6 Å². The van der Waals surface area contributed by atoms with Gasteiger partial charge in [-0.1, -0.05) is 84.4 Å². The van der Waals surface area contributed by atoms with Crippen LogP contribution in [0.4, 0.5) is 0 Å². The van der Waals surface area contributed by atoms with Gasteiger partial charge in [0.15, 0.2) is 0 Å². The van der Waals surface area contributed by atoms with E-state index in [1.807, 2.05) is 72.8 Å². The van der Waals surface area contributed by atoms with Crippen molar-refractivity contribution < 1.29 is 18.0 Å². The van der Waals surface area contributed by atoms with E-state index in [9.17, 15) is 18.0 Å². The number of halogens is 1. The quantitative estimate of drug-likeness (QED) is 0.413. The number of hydrogen-bond acceptors (Lipinski definition) is 4. The number of carbonyl (C=O) groups is 2. The molecule has 3 aromatic rings. The van der Waals surface area contributed by atoms with Gasteiger partial charge in [0.25, 0.3) is 0 Å². The first-order chi connectivity index (χ1) is 17.1. The van der Waals surface area contributed by atoms with Crippen LogP contribution in [0.3, 0.4) is 0 Å². The Balaban J connectivity index is 1.92. The van der Waals surface area contributed by atoms with Crippen molar-refractivity contribution >= 4 is 33.4 Å². The first kappa shape index (κ1) is 27.4. The van der Waals surface area contributed by atoms with Gasteiger partial charge in [-0.25, -0.2) is 8.42 Å². The Morgan fingerprint density at radius 2 is 1.42 bits per heavy atom. The molecule has 1 atom stereocenters. The third-order valence-electron chi connectivity index (χ3n) is 5.77. The summed E-state index contributed by atoms with van der Waals surface area (Å²) in [6.07, 6.45) is 1.32. The lowest BCUT2D eigenvalue weighted by molar-refractivity contribution is -0.141. The summed E-state index contributed by atoms with van der Waals surface area (Å²) in [5.74, 6) is -0.797. The maximum atomic E-state index is 13.5. The minimum Gasteiger partial charge on any atom is -0.350 e. The van der Waals surface area contributed by atoms with Gasteiger partial charge in [-0.3, -0.25) is 9.59 Å². The summed E-state index contributed by atoms with van der Waals surface area (Å²) in [5.41, 5.74) is 2.58. The topological polar surface area (TPSA) is 86.8 Å². The predicted octanol–water partition coefficient (Wildman–Crippen LogP) is 3.49. The minimum absolute atomic E-state index is 0.156. The zero-order chi connectivity index (χ0) is 26.1. The van der Waals surface area contributed by atoms with E-state index in [0.717, 1.165) is 27.3 Å². The zero-order valence-electron chi connectivity index (χ0n) is 20.3. The second-order valence-corrected chi connectivity index (χ2v) is 11.1. The van der Waals surface area contributed by atoms with Crippen LogP contribution in [0.15, 0.2) is 84.9 Å². The smallest absolute Gasteiger partial charge is 0.243 e. The SMILES string of the molecule is CN(CC(=O)N(Cc1ccccc1)[C@@H](Cc1ccccc1)C(=O)NCc1ccc(Cl)cc1)S(C)(=O)=O. The molecule has 190 valence electrons. The van der Waals surface area contributed by atoms with Gasteiger partial charge in [-0.15, -0.1) is 0 Å². The van der Waals surface area contributed by atoms with Crippen molar-refractivity contribution in [2.45, 2.75) is 25.6 Å². The Morgan fingerprint density at radius 1 is 0.861 bits per heavy atom. The molecule has 0 unspecified atom stereocenters. The monoisotopic (exact) mass is 527 g/mol. The Labute approximate surface area is 217 Å². The molecule has 0 aliphatic rings. The molecule has 0 aliphatic heterocycles. The molecule has 0 fully saturated rings. The molecular formula is C27H30ClN3O4S. The van der Waals surface area contributed by atoms with Gasteiger partial charge >= 0.3 is 0 Å². The van der Waals surface area contributed by atoms with Gasteiger partial charge in [0.05, 0.1) is 12.8 Å². The number of benzene rings is 3. The van der Waals surface area contributed by atoms with Crippen LogP contribution in [-0.4, -0.2) is 55.3 Å². The maximum Gasteiger partial charge on any atom is 0.243 e. The average molecular weight is 528 g/mol. The van der Waals surface area contributed by atoms with Crippen molar-refractivity contribution in [3.63, 3.8) is 0 Å². The summed E-state index contributed by atoms with van der Waals surface area (Å²) < 4.78 is 25.0. The average Bonchev–Trinajstić information content (AvgIpc) is 2.86. The van der Waals surface area contributed by atoms with Gasteiger partial charge in [0, 0.05) is 31.6 Å². The molecule has 3 aromatic carbocycles. The van der Waals surface area contributed by atoms with Gasteiger partial charge in [-0.2, -0.15) is 4.31 Å². The van der Waals surface area contributed by atoms with Crippen LogP contribution in [0, 0.1) is 0 Å². The number of hydrogen-bond donors (Lipinski definition) is 1. The van der Waals surface area contributed by atoms with E-state index >= 15 is 0 Å². The second-order valence-electron chi connectivity index (χ2n) is 8.58. The molecule has 0 saturated carbocycles. The number of nitrogens with zero attached hydrogens (tertiary/aromatic N) is 2. The lowest BCUT2D eigenvalue weighted by Gasteiger charge is -2.32. The van der Waals surface area contributed by atoms with Gasteiger partial charge in [-0.05, 0) is 28.8 Å². The molecule has 0 aromatic heterocycles. The first-order valence-electron chi connectivity index (χ1n) is 11.4. The molecule has 7 nitrogen and oxygen atoms in total. The molecule has 36 heavy (non-hydrogen) atoms. The predicted molar refractivity (Wildman–Crippen MR) is 142 cm³/mol. The number of rotatable bonds is 11. The molecule has 0 spiro atoms. The van der Waals surface area contributed by atoms with Crippen LogP contribution in [0.2, 0.25) is 5.02 Å². The normalized spacial score (nSPS) is 12.2. The van der Waals surface area contributed by atoms with Crippen molar-refractivity contribution in [2.24, 2.45) is 0 Å². The fraction of sp³-hybridized carbons (Fsp3) is 0.259. The summed E-state index contributed by atoms with van der Waals surface area (Å²) >= 11 is 5.96. The number of likely N-dealkylation sites (N-methyl/N-ethyl adjacent to an activating group) is 1. The fourth-order valence-corrected chi connectivity index (χ4v) is 4.11. The lowest BCUT2D eigenvalue weighted by atomic mass is 10.0. The van der Waals surface area contributed by atoms with E-state index in [-0.39, 0.29) is 32.0 Å². The van der Waals surface area contributed by atoms with Crippen LogP contribution in [-0.2, 0) is 39.1 Å². The molecule has 2 amide bonds. The molecule has 0 bridgehead atoms. The third-order valence-corrected chi connectivity index (χ3v) is 7.28. The molecule has 0 radical (unpaired) electrons. The number of carbonyl (C=O) groups excluding carboxylic acids is 2. The largest absolute Gasteiger partial charge is 0.350 e. The molecule has 0 aliphatic carbocycles. The Morgan fingerprint density at radius 3 is 1.97 bits per heavy atom. The highest BCUT2D eigenvalue weighted by Gasteiger charge is 2.31. The van der Waals surface area contributed by atoms with Gasteiger partial charge in [0.1, 0.15) is 6.04 Å². The third kappa shape index (κ3) is 8.19. The Hall–Kier alpha value is -3.20. The number of sulfonamides is 1. The molecule has 9 heteroatoms. The van der Waals surface area contributed by atoms with Crippen LogP contribution in [0.1, 0.15) is 16.7 Å². The number of nitrogens with one attached hydrogen (secondary N) is 1. The molecule has 1 N–H and O–H groups in total. The number of amides is 2. The van der Waals surface area contributed by atoms with E-state index in [1.165, 1.54) is 11.9 Å². The molecule has 3 rings (SSSR count). The second kappa shape index (κ2) is 12.7. The van der Waals surface area contributed by atoms with Crippen LogP contribution >= 0.6 is 11.6 Å². The van der Waals surface area contributed by atoms with Crippen LogP contribution in [0.5, 0.6) is 0 Å². The Kier molecular flexibility index (Phi) is 9.64. The van der Waals surface area contributed by atoms with E-state index in [1.54, 1.807) is 12.1 Å². The Bertz CT molecular complexity index is 1250. The zero-order valence-corrected chi connectivity index (χ0v) is 21.9. The lowest BCUT2D eigenvalue weighted by Crippen LogP contribution is -2.52. The van der Waals surface area contributed by atoms with Crippen LogP contribution < -0.4 is 5.32 Å². The van der Waals surface area contributed by atoms with Crippen molar-refractivity contribution in [3.05, 3.63) is 107 Å². The van der Waals surface area contributed by atoms with Crippen LogP contribution in [0.25, 0.3) is 0 Å².